The second kappa shape index (κ2) is 3.83. The van der Waals surface area contributed by atoms with Crippen molar-refractivity contribution in [3.05, 3.63) is 22.4 Å². The summed E-state index contributed by atoms with van der Waals surface area (Å²) in [6.07, 6.45) is 1.85. The molecular formula is C9H12O2S. The van der Waals surface area contributed by atoms with E-state index in [1.807, 2.05) is 16.8 Å². The molecule has 0 amide bonds. The topological polar surface area (TPSA) is 37.3 Å². The van der Waals surface area contributed by atoms with Crippen LogP contribution < -0.4 is 0 Å². The van der Waals surface area contributed by atoms with Crippen LogP contribution in [0.2, 0.25) is 0 Å². The Balaban J connectivity index is 2.41. The largest absolute Gasteiger partial charge is 0.383 e. The molecule has 0 fully saturated rings. The zero-order valence-electron chi connectivity index (χ0n) is 6.99. The molecule has 0 spiro atoms. The zero-order valence-corrected chi connectivity index (χ0v) is 7.80. The van der Waals surface area contributed by atoms with Gasteiger partial charge in [-0.05, 0) is 42.2 Å². The summed E-state index contributed by atoms with van der Waals surface area (Å²) in [6.45, 7) is 1.53. The minimum absolute atomic E-state index is 0.493. The fourth-order valence-electron chi connectivity index (χ4n) is 0.891. The molecule has 0 radical (unpaired) electrons. The molecule has 1 heterocycles. The third-order valence-electron chi connectivity index (χ3n) is 1.75. The molecule has 1 unspecified atom stereocenters. The SMILES string of the molecule is CC(O)(C=O)CCc1ccsc1. The Morgan fingerprint density at radius 2 is 2.50 bits per heavy atom. The Kier molecular flexibility index (Phi) is 3.00. The van der Waals surface area contributed by atoms with Crippen molar-refractivity contribution >= 4 is 17.6 Å². The van der Waals surface area contributed by atoms with Gasteiger partial charge in [0.25, 0.3) is 0 Å². The molecule has 0 saturated heterocycles. The van der Waals surface area contributed by atoms with Crippen LogP contribution in [0.4, 0.5) is 0 Å². The van der Waals surface area contributed by atoms with Gasteiger partial charge in [-0.3, -0.25) is 0 Å². The fraction of sp³-hybridized carbons (Fsp3) is 0.444. The van der Waals surface area contributed by atoms with Gasteiger partial charge in [0.05, 0.1) is 0 Å². The molecule has 1 aromatic rings. The van der Waals surface area contributed by atoms with E-state index in [4.69, 9.17) is 0 Å². The van der Waals surface area contributed by atoms with Crippen LogP contribution in [0, 0.1) is 0 Å². The van der Waals surface area contributed by atoms with Crippen molar-refractivity contribution in [3.8, 4) is 0 Å². The highest BCUT2D eigenvalue weighted by molar-refractivity contribution is 7.07. The first-order chi connectivity index (χ1) is 5.64. The highest BCUT2D eigenvalue weighted by Gasteiger charge is 2.18. The fourth-order valence-corrected chi connectivity index (χ4v) is 1.59. The van der Waals surface area contributed by atoms with Crippen molar-refractivity contribution in [2.45, 2.75) is 25.4 Å². The summed E-state index contributed by atoms with van der Waals surface area (Å²) >= 11 is 1.63. The lowest BCUT2D eigenvalue weighted by Gasteiger charge is -2.13. The maximum atomic E-state index is 10.3. The van der Waals surface area contributed by atoms with E-state index in [0.717, 1.165) is 6.42 Å². The normalized spacial score (nSPS) is 15.5. The maximum Gasteiger partial charge on any atom is 0.151 e. The number of carbonyl (C=O) groups excluding carboxylic acids is 1. The molecular weight excluding hydrogens is 172 g/mol. The molecule has 0 saturated carbocycles. The van der Waals surface area contributed by atoms with E-state index in [1.54, 1.807) is 11.3 Å². The predicted octanol–water partition coefficient (Wildman–Crippen LogP) is 1.63. The highest BCUT2D eigenvalue weighted by atomic mass is 32.1. The van der Waals surface area contributed by atoms with E-state index >= 15 is 0 Å². The summed E-state index contributed by atoms with van der Waals surface area (Å²) in [5.41, 5.74) is 0.0178. The van der Waals surface area contributed by atoms with Crippen LogP contribution in [0.15, 0.2) is 16.8 Å². The van der Waals surface area contributed by atoms with Crippen molar-refractivity contribution in [2.75, 3.05) is 0 Å². The quantitative estimate of drug-likeness (QED) is 0.722. The predicted molar refractivity (Wildman–Crippen MR) is 49.3 cm³/mol. The lowest BCUT2D eigenvalue weighted by molar-refractivity contribution is -0.122. The van der Waals surface area contributed by atoms with Crippen LogP contribution in [-0.2, 0) is 11.2 Å². The number of hydrogen-bond donors (Lipinski definition) is 1. The molecule has 0 aliphatic heterocycles. The number of rotatable bonds is 4. The van der Waals surface area contributed by atoms with Crippen LogP contribution >= 0.6 is 11.3 Å². The number of thiophene rings is 1. The first-order valence-corrected chi connectivity index (χ1v) is 4.78. The summed E-state index contributed by atoms with van der Waals surface area (Å²) in [5.74, 6) is 0. The Morgan fingerprint density at radius 3 is 3.00 bits per heavy atom. The molecule has 0 aliphatic rings. The van der Waals surface area contributed by atoms with Gasteiger partial charge in [0.2, 0.25) is 0 Å². The monoisotopic (exact) mass is 184 g/mol. The van der Waals surface area contributed by atoms with Crippen LogP contribution in [0.5, 0.6) is 0 Å². The van der Waals surface area contributed by atoms with Gasteiger partial charge in [-0.15, -0.1) is 0 Å². The van der Waals surface area contributed by atoms with Gasteiger partial charge < -0.3 is 9.90 Å². The van der Waals surface area contributed by atoms with Gasteiger partial charge in [0.1, 0.15) is 5.60 Å². The second-order valence-electron chi connectivity index (χ2n) is 3.11. The maximum absolute atomic E-state index is 10.3. The zero-order chi connectivity index (χ0) is 9.03. The Bertz CT molecular complexity index is 239. The summed E-state index contributed by atoms with van der Waals surface area (Å²) in [6, 6.07) is 2.01. The number of aldehydes is 1. The van der Waals surface area contributed by atoms with Crippen molar-refractivity contribution in [1.29, 1.82) is 0 Å². The molecule has 0 aromatic carbocycles. The highest BCUT2D eigenvalue weighted by Crippen LogP contribution is 2.13. The van der Waals surface area contributed by atoms with E-state index in [0.29, 0.717) is 12.7 Å². The number of aliphatic hydroxyl groups is 1. The number of carbonyl (C=O) groups is 1. The number of aryl methyl sites for hydroxylation is 1. The van der Waals surface area contributed by atoms with Gasteiger partial charge in [-0.1, -0.05) is 0 Å². The summed E-state index contributed by atoms with van der Waals surface area (Å²) < 4.78 is 0. The lowest BCUT2D eigenvalue weighted by Crippen LogP contribution is -2.26. The van der Waals surface area contributed by atoms with Gasteiger partial charge in [0, 0.05) is 0 Å². The molecule has 12 heavy (non-hydrogen) atoms. The van der Waals surface area contributed by atoms with E-state index < -0.39 is 5.60 Å². The van der Waals surface area contributed by atoms with Gasteiger partial charge in [-0.2, -0.15) is 11.3 Å². The summed E-state index contributed by atoms with van der Waals surface area (Å²) in [7, 11) is 0. The molecule has 0 bridgehead atoms. The molecule has 2 nitrogen and oxygen atoms in total. The van der Waals surface area contributed by atoms with Crippen LogP contribution in [0.25, 0.3) is 0 Å². The lowest BCUT2D eigenvalue weighted by atomic mass is 10.00. The van der Waals surface area contributed by atoms with Crippen LogP contribution in [0.1, 0.15) is 18.9 Å². The van der Waals surface area contributed by atoms with E-state index in [1.165, 1.54) is 12.5 Å². The standard InChI is InChI=1S/C9H12O2S/c1-9(11,7-10)4-2-8-3-5-12-6-8/h3,5-7,11H,2,4H2,1H3. The van der Waals surface area contributed by atoms with Crippen molar-refractivity contribution in [3.63, 3.8) is 0 Å². The van der Waals surface area contributed by atoms with E-state index in [9.17, 15) is 9.90 Å². The summed E-state index contributed by atoms with van der Waals surface area (Å²) in [4.78, 5) is 10.3. The molecule has 3 heteroatoms. The first-order valence-electron chi connectivity index (χ1n) is 3.84. The van der Waals surface area contributed by atoms with Crippen molar-refractivity contribution in [2.24, 2.45) is 0 Å². The van der Waals surface area contributed by atoms with Gasteiger partial charge in [-0.25, -0.2) is 0 Å². The molecule has 0 aliphatic carbocycles. The second-order valence-corrected chi connectivity index (χ2v) is 3.89. The molecule has 1 aromatic heterocycles. The third kappa shape index (κ3) is 2.75. The molecule has 1 rings (SSSR count). The first kappa shape index (κ1) is 9.42. The number of hydrogen-bond acceptors (Lipinski definition) is 3. The van der Waals surface area contributed by atoms with Crippen LogP contribution in [-0.4, -0.2) is 17.0 Å². The Morgan fingerprint density at radius 1 is 1.75 bits per heavy atom. The minimum Gasteiger partial charge on any atom is -0.383 e. The van der Waals surface area contributed by atoms with Crippen LogP contribution in [0.3, 0.4) is 0 Å². The Labute approximate surface area is 75.9 Å². The molecule has 1 N–H and O–H groups in total. The van der Waals surface area contributed by atoms with Gasteiger partial charge in [0.15, 0.2) is 6.29 Å². The molecule has 66 valence electrons. The minimum atomic E-state index is -1.16. The average molecular weight is 184 g/mol. The van der Waals surface area contributed by atoms with Gasteiger partial charge >= 0.3 is 0 Å². The van der Waals surface area contributed by atoms with Crippen molar-refractivity contribution in [1.82, 2.24) is 0 Å². The summed E-state index contributed by atoms with van der Waals surface area (Å²) in [5, 5.41) is 13.4. The molecule has 1 atom stereocenters. The van der Waals surface area contributed by atoms with E-state index in [-0.39, 0.29) is 0 Å². The Hall–Kier alpha value is -0.670. The third-order valence-corrected chi connectivity index (χ3v) is 2.49. The smallest absolute Gasteiger partial charge is 0.151 e. The average Bonchev–Trinajstić information content (AvgIpc) is 2.53. The van der Waals surface area contributed by atoms with Crippen molar-refractivity contribution < 1.29 is 9.90 Å². The van der Waals surface area contributed by atoms with E-state index in [2.05, 4.69) is 0 Å².